The van der Waals surface area contributed by atoms with Gasteiger partial charge < -0.3 is 5.11 Å². The van der Waals surface area contributed by atoms with E-state index in [-0.39, 0.29) is 10.8 Å². The Labute approximate surface area is 131 Å². The van der Waals surface area contributed by atoms with Crippen LogP contribution in [0, 0.1) is 5.92 Å². The summed E-state index contributed by atoms with van der Waals surface area (Å²) in [5, 5.41) is 10.9. The van der Waals surface area contributed by atoms with E-state index >= 15 is 0 Å². The lowest BCUT2D eigenvalue weighted by molar-refractivity contribution is 0.399. The number of phenols is 1. The Morgan fingerprint density at radius 3 is 1.57 bits per heavy atom. The SMILES string of the molecule is CCC(C)(C)c1cc(CC(C)C)cc(C(C)(C)CC)c1O. The van der Waals surface area contributed by atoms with Gasteiger partial charge in [-0.3, -0.25) is 0 Å². The van der Waals surface area contributed by atoms with Crippen molar-refractivity contribution in [1.82, 2.24) is 0 Å². The monoisotopic (exact) mass is 290 g/mol. The fourth-order valence-electron chi connectivity index (χ4n) is 2.70. The molecule has 1 aromatic rings. The summed E-state index contributed by atoms with van der Waals surface area (Å²) in [6.07, 6.45) is 3.12. The molecule has 0 heterocycles. The Bertz CT molecular complexity index is 444. The minimum atomic E-state index is 0.00957. The summed E-state index contributed by atoms with van der Waals surface area (Å²) >= 11 is 0. The molecule has 0 radical (unpaired) electrons. The number of benzene rings is 1. The molecule has 0 aliphatic rings. The normalized spacial score (nSPS) is 13.0. The van der Waals surface area contributed by atoms with E-state index in [2.05, 4.69) is 67.5 Å². The van der Waals surface area contributed by atoms with Crippen LogP contribution < -0.4 is 0 Å². The van der Waals surface area contributed by atoms with Crippen LogP contribution in [0.2, 0.25) is 0 Å². The van der Waals surface area contributed by atoms with E-state index in [0.29, 0.717) is 11.7 Å². The van der Waals surface area contributed by atoms with E-state index in [1.165, 1.54) is 5.56 Å². The van der Waals surface area contributed by atoms with Crippen molar-refractivity contribution in [1.29, 1.82) is 0 Å². The van der Waals surface area contributed by atoms with Crippen molar-refractivity contribution >= 4 is 0 Å². The zero-order valence-electron chi connectivity index (χ0n) is 15.3. The maximum absolute atomic E-state index is 10.9. The molecule has 0 saturated carbocycles. The van der Waals surface area contributed by atoms with Crippen LogP contribution in [0.25, 0.3) is 0 Å². The summed E-state index contributed by atoms with van der Waals surface area (Å²) in [4.78, 5) is 0. The highest BCUT2D eigenvalue weighted by Crippen LogP contribution is 2.42. The first-order chi connectivity index (χ1) is 9.55. The third kappa shape index (κ3) is 4.02. The summed E-state index contributed by atoms with van der Waals surface area (Å²) in [7, 11) is 0. The summed E-state index contributed by atoms with van der Waals surface area (Å²) in [6.45, 7) is 17.8. The van der Waals surface area contributed by atoms with Crippen molar-refractivity contribution in [2.75, 3.05) is 0 Å². The second-order valence-corrected chi connectivity index (χ2v) is 8.11. The lowest BCUT2D eigenvalue weighted by Crippen LogP contribution is -2.21. The third-order valence-electron chi connectivity index (χ3n) is 5.04. The summed E-state index contributed by atoms with van der Waals surface area (Å²) in [5.41, 5.74) is 3.60. The summed E-state index contributed by atoms with van der Waals surface area (Å²) < 4.78 is 0. The maximum Gasteiger partial charge on any atom is 0.123 e. The molecule has 1 aromatic carbocycles. The van der Waals surface area contributed by atoms with E-state index in [0.717, 1.165) is 30.4 Å². The Morgan fingerprint density at radius 1 is 0.905 bits per heavy atom. The smallest absolute Gasteiger partial charge is 0.123 e. The van der Waals surface area contributed by atoms with E-state index in [1.54, 1.807) is 0 Å². The van der Waals surface area contributed by atoms with Crippen LogP contribution in [0.3, 0.4) is 0 Å². The van der Waals surface area contributed by atoms with E-state index in [9.17, 15) is 5.11 Å². The fraction of sp³-hybridized carbons (Fsp3) is 0.700. The Kier molecular flexibility index (Phi) is 5.52. The molecule has 120 valence electrons. The Hall–Kier alpha value is -0.980. The average molecular weight is 290 g/mol. The fourth-order valence-corrected chi connectivity index (χ4v) is 2.70. The van der Waals surface area contributed by atoms with Gasteiger partial charge in [-0.1, -0.05) is 67.5 Å². The van der Waals surface area contributed by atoms with Gasteiger partial charge in [0, 0.05) is 11.1 Å². The number of phenolic OH excluding ortho intramolecular Hbond substituents is 1. The van der Waals surface area contributed by atoms with Crippen molar-refractivity contribution in [3.8, 4) is 5.75 Å². The molecular weight excluding hydrogens is 256 g/mol. The molecule has 0 fully saturated rings. The van der Waals surface area contributed by atoms with Crippen LogP contribution in [0.1, 0.15) is 84.9 Å². The molecule has 0 spiro atoms. The summed E-state index contributed by atoms with van der Waals surface area (Å²) in [6, 6.07) is 4.46. The first kappa shape index (κ1) is 18.1. The zero-order valence-corrected chi connectivity index (χ0v) is 15.3. The lowest BCUT2D eigenvalue weighted by atomic mass is 9.74. The highest BCUT2D eigenvalue weighted by molar-refractivity contribution is 5.50. The van der Waals surface area contributed by atoms with Crippen molar-refractivity contribution in [3.63, 3.8) is 0 Å². The number of hydrogen-bond acceptors (Lipinski definition) is 1. The van der Waals surface area contributed by atoms with Crippen molar-refractivity contribution in [2.24, 2.45) is 5.92 Å². The van der Waals surface area contributed by atoms with Crippen molar-refractivity contribution in [2.45, 2.75) is 85.5 Å². The predicted octanol–water partition coefficient (Wildman–Crippen LogP) is 5.97. The zero-order chi connectivity index (χ0) is 16.4. The highest BCUT2D eigenvalue weighted by atomic mass is 16.3. The molecule has 0 amide bonds. The minimum absolute atomic E-state index is 0.00957. The molecule has 0 aliphatic carbocycles. The van der Waals surface area contributed by atoms with E-state index < -0.39 is 0 Å². The molecule has 21 heavy (non-hydrogen) atoms. The molecule has 0 atom stereocenters. The van der Waals surface area contributed by atoms with Crippen LogP contribution in [0.4, 0.5) is 0 Å². The van der Waals surface area contributed by atoms with Gasteiger partial charge in [0.05, 0.1) is 0 Å². The van der Waals surface area contributed by atoms with Gasteiger partial charge in [0.2, 0.25) is 0 Å². The molecular formula is C20H34O. The molecule has 1 rings (SSSR count). The molecule has 1 heteroatoms. The van der Waals surface area contributed by atoms with Gasteiger partial charge in [-0.15, -0.1) is 0 Å². The Morgan fingerprint density at radius 2 is 1.29 bits per heavy atom. The van der Waals surface area contributed by atoms with Crippen LogP contribution in [0.5, 0.6) is 5.75 Å². The average Bonchev–Trinajstić information content (AvgIpc) is 2.39. The van der Waals surface area contributed by atoms with Gasteiger partial charge >= 0.3 is 0 Å². The number of hydrogen-bond donors (Lipinski definition) is 1. The first-order valence-electron chi connectivity index (χ1n) is 8.42. The van der Waals surface area contributed by atoms with Gasteiger partial charge in [-0.2, -0.15) is 0 Å². The molecule has 1 nitrogen and oxygen atoms in total. The summed E-state index contributed by atoms with van der Waals surface area (Å²) in [5.74, 6) is 1.14. The number of aromatic hydroxyl groups is 1. The van der Waals surface area contributed by atoms with Gasteiger partial charge in [-0.05, 0) is 41.6 Å². The van der Waals surface area contributed by atoms with Gasteiger partial charge in [-0.25, -0.2) is 0 Å². The second-order valence-electron chi connectivity index (χ2n) is 8.11. The first-order valence-corrected chi connectivity index (χ1v) is 8.42. The topological polar surface area (TPSA) is 20.2 Å². The second kappa shape index (κ2) is 6.42. The van der Waals surface area contributed by atoms with Gasteiger partial charge in [0.25, 0.3) is 0 Å². The maximum atomic E-state index is 10.9. The Balaban J connectivity index is 3.54. The van der Waals surface area contributed by atoms with Crippen LogP contribution >= 0.6 is 0 Å². The van der Waals surface area contributed by atoms with Crippen molar-refractivity contribution < 1.29 is 5.11 Å². The van der Waals surface area contributed by atoms with Crippen LogP contribution in [-0.2, 0) is 17.3 Å². The van der Waals surface area contributed by atoms with E-state index in [1.807, 2.05) is 0 Å². The molecule has 0 aromatic heterocycles. The largest absolute Gasteiger partial charge is 0.507 e. The predicted molar refractivity (Wildman–Crippen MR) is 93.3 cm³/mol. The van der Waals surface area contributed by atoms with Gasteiger partial charge in [0.1, 0.15) is 5.75 Å². The third-order valence-corrected chi connectivity index (χ3v) is 5.04. The van der Waals surface area contributed by atoms with E-state index in [4.69, 9.17) is 0 Å². The molecule has 0 aliphatic heterocycles. The van der Waals surface area contributed by atoms with Crippen LogP contribution in [-0.4, -0.2) is 5.11 Å². The highest BCUT2D eigenvalue weighted by Gasteiger charge is 2.29. The minimum Gasteiger partial charge on any atom is -0.507 e. The van der Waals surface area contributed by atoms with Gasteiger partial charge in [0.15, 0.2) is 0 Å². The van der Waals surface area contributed by atoms with Crippen LogP contribution in [0.15, 0.2) is 12.1 Å². The number of rotatable bonds is 6. The molecule has 1 N–H and O–H groups in total. The quantitative estimate of drug-likeness (QED) is 0.684. The van der Waals surface area contributed by atoms with Crippen molar-refractivity contribution in [3.05, 3.63) is 28.8 Å². The lowest BCUT2D eigenvalue weighted by Gasteiger charge is -2.31. The standard InChI is InChI=1S/C20H34O/c1-9-19(5,6)16-12-15(11-14(3)4)13-17(18(16)21)20(7,8)10-2/h12-14,21H,9-11H2,1-8H3. The molecule has 0 saturated heterocycles. The molecule has 0 bridgehead atoms. The molecule has 0 unspecified atom stereocenters.